The molecule has 1 aliphatic heterocycles. The van der Waals surface area contributed by atoms with Gasteiger partial charge < -0.3 is 26.0 Å². The van der Waals surface area contributed by atoms with Gasteiger partial charge >= 0.3 is 6.09 Å². The first-order chi connectivity index (χ1) is 15.2. The molecule has 2 aliphatic rings. The van der Waals surface area contributed by atoms with E-state index in [2.05, 4.69) is 17.6 Å². The smallest absolute Gasteiger partial charge is 0.407 e. The van der Waals surface area contributed by atoms with Gasteiger partial charge in [-0.15, -0.1) is 0 Å². The Balaban J connectivity index is 2.05. The maximum atomic E-state index is 13.6. The molecule has 8 nitrogen and oxygen atoms in total. The standard InChI is InChI=1S/C23H42N4O4S/c1-5-14-32-23(3,4)19(26-22(30)31-6-2)21(29)27-13-7-8-18(27)20(28)25-15-16-9-11-17(24)12-10-16/h16-19H,5-15,24H2,1-4H3,(H,25,28)(H,26,30)/t16?,17?,18-,19-/m0/s1. The first kappa shape index (κ1) is 26.8. The van der Waals surface area contributed by atoms with Crippen molar-refractivity contribution in [2.45, 2.75) is 95.5 Å². The van der Waals surface area contributed by atoms with Crippen LogP contribution in [0.15, 0.2) is 0 Å². The van der Waals surface area contributed by atoms with Gasteiger partial charge in [-0.25, -0.2) is 4.79 Å². The average molecular weight is 471 g/mol. The minimum absolute atomic E-state index is 0.0976. The van der Waals surface area contributed by atoms with Crippen LogP contribution in [0.2, 0.25) is 0 Å². The molecule has 2 fully saturated rings. The summed E-state index contributed by atoms with van der Waals surface area (Å²) in [6.07, 6.45) is 5.84. The summed E-state index contributed by atoms with van der Waals surface area (Å²) in [7, 11) is 0. The van der Waals surface area contributed by atoms with E-state index in [1.165, 1.54) is 0 Å². The van der Waals surface area contributed by atoms with Gasteiger partial charge in [-0.05, 0) is 77.4 Å². The van der Waals surface area contributed by atoms with Gasteiger partial charge in [0.05, 0.1) is 6.61 Å². The highest BCUT2D eigenvalue weighted by molar-refractivity contribution is 8.00. The molecule has 0 radical (unpaired) electrons. The summed E-state index contributed by atoms with van der Waals surface area (Å²) in [5.74, 6) is 1.01. The van der Waals surface area contributed by atoms with Gasteiger partial charge in [0, 0.05) is 23.9 Å². The number of rotatable bonds is 10. The Labute approximate surface area is 197 Å². The van der Waals surface area contributed by atoms with Crippen LogP contribution >= 0.6 is 11.8 Å². The normalized spacial score (nSPS) is 24.7. The van der Waals surface area contributed by atoms with Crippen LogP contribution in [0.3, 0.4) is 0 Å². The van der Waals surface area contributed by atoms with Gasteiger partial charge in [-0.1, -0.05) is 6.92 Å². The molecular formula is C23H42N4O4S. The zero-order chi connectivity index (χ0) is 23.7. The summed E-state index contributed by atoms with van der Waals surface area (Å²) in [6, 6.07) is -0.985. The van der Waals surface area contributed by atoms with Crippen LogP contribution in [0.4, 0.5) is 4.79 Å². The lowest BCUT2D eigenvalue weighted by Gasteiger charge is -2.37. The topological polar surface area (TPSA) is 114 Å². The van der Waals surface area contributed by atoms with Gasteiger partial charge in [-0.3, -0.25) is 9.59 Å². The summed E-state index contributed by atoms with van der Waals surface area (Å²) >= 11 is 1.64. The van der Waals surface area contributed by atoms with Crippen molar-refractivity contribution in [3.05, 3.63) is 0 Å². The quantitative estimate of drug-likeness (QED) is 0.452. The number of carbonyl (C=O) groups excluding carboxylic acids is 3. The minimum Gasteiger partial charge on any atom is -0.450 e. The molecule has 1 heterocycles. The van der Waals surface area contributed by atoms with E-state index in [0.717, 1.165) is 44.3 Å². The molecule has 3 amide bonds. The first-order valence-electron chi connectivity index (χ1n) is 12.1. The van der Waals surface area contributed by atoms with Crippen molar-refractivity contribution in [2.24, 2.45) is 11.7 Å². The molecule has 1 saturated heterocycles. The number of ether oxygens (including phenoxy) is 1. The number of nitrogens with zero attached hydrogens (tertiary/aromatic N) is 1. The molecule has 1 aliphatic carbocycles. The molecule has 0 aromatic rings. The summed E-state index contributed by atoms with van der Waals surface area (Å²) in [5, 5.41) is 5.85. The Hall–Kier alpha value is -1.48. The van der Waals surface area contributed by atoms with Gasteiger partial charge in [0.15, 0.2) is 0 Å². The molecule has 2 atom stereocenters. The van der Waals surface area contributed by atoms with Crippen LogP contribution in [0, 0.1) is 5.92 Å². The van der Waals surface area contributed by atoms with Gasteiger partial charge in [0.2, 0.25) is 11.8 Å². The second-order valence-electron chi connectivity index (χ2n) is 9.47. The van der Waals surface area contributed by atoms with E-state index in [1.54, 1.807) is 23.6 Å². The molecule has 32 heavy (non-hydrogen) atoms. The molecule has 0 bridgehead atoms. The first-order valence-corrected chi connectivity index (χ1v) is 13.1. The number of hydrogen-bond donors (Lipinski definition) is 3. The predicted molar refractivity (Wildman–Crippen MR) is 128 cm³/mol. The molecule has 4 N–H and O–H groups in total. The highest BCUT2D eigenvalue weighted by Crippen LogP contribution is 2.32. The Morgan fingerprint density at radius 1 is 1.16 bits per heavy atom. The maximum Gasteiger partial charge on any atom is 0.407 e. The molecule has 1 saturated carbocycles. The lowest BCUT2D eigenvalue weighted by Crippen LogP contribution is -2.60. The summed E-state index contributed by atoms with van der Waals surface area (Å²) in [6.45, 7) is 9.11. The Bertz CT molecular complexity index is 637. The van der Waals surface area contributed by atoms with Crippen LogP contribution in [0.5, 0.6) is 0 Å². The van der Waals surface area contributed by atoms with Crippen molar-refractivity contribution in [1.29, 1.82) is 0 Å². The molecule has 0 aromatic carbocycles. The lowest BCUT2D eigenvalue weighted by molar-refractivity contribution is -0.140. The summed E-state index contributed by atoms with van der Waals surface area (Å²) < 4.78 is 4.52. The fourth-order valence-corrected chi connectivity index (χ4v) is 5.55. The zero-order valence-corrected chi connectivity index (χ0v) is 21.0. The van der Waals surface area contributed by atoms with Gasteiger partial charge in [-0.2, -0.15) is 11.8 Å². The number of carbonyl (C=O) groups is 3. The van der Waals surface area contributed by atoms with Gasteiger partial charge in [0.1, 0.15) is 12.1 Å². The van der Waals surface area contributed by atoms with E-state index in [0.29, 0.717) is 25.4 Å². The van der Waals surface area contributed by atoms with E-state index in [9.17, 15) is 14.4 Å². The van der Waals surface area contributed by atoms with Crippen molar-refractivity contribution in [3.8, 4) is 0 Å². The highest BCUT2D eigenvalue weighted by atomic mass is 32.2. The predicted octanol–water partition coefficient (Wildman–Crippen LogP) is 2.65. The van der Waals surface area contributed by atoms with Crippen molar-refractivity contribution in [3.63, 3.8) is 0 Å². The second kappa shape index (κ2) is 12.7. The summed E-state index contributed by atoms with van der Waals surface area (Å²) in [5.41, 5.74) is 5.98. The third kappa shape index (κ3) is 7.54. The molecule has 0 unspecified atom stereocenters. The van der Waals surface area contributed by atoms with Crippen LogP contribution in [0.25, 0.3) is 0 Å². The monoisotopic (exact) mass is 470 g/mol. The van der Waals surface area contributed by atoms with E-state index in [1.807, 2.05) is 13.8 Å². The maximum absolute atomic E-state index is 13.6. The number of amides is 3. The number of nitrogens with two attached hydrogens (primary N) is 1. The van der Waals surface area contributed by atoms with E-state index in [-0.39, 0.29) is 24.5 Å². The fourth-order valence-electron chi connectivity index (χ4n) is 4.50. The van der Waals surface area contributed by atoms with E-state index in [4.69, 9.17) is 10.5 Å². The molecule has 0 aromatic heterocycles. The Morgan fingerprint density at radius 2 is 1.84 bits per heavy atom. The highest BCUT2D eigenvalue weighted by Gasteiger charge is 2.44. The summed E-state index contributed by atoms with van der Waals surface area (Å²) in [4.78, 5) is 40.4. The lowest BCUT2D eigenvalue weighted by atomic mass is 9.86. The van der Waals surface area contributed by atoms with E-state index < -0.39 is 22.9 Å². The van der Waals surface area contributed by atoms with Crippen molar-refractivity contribution in [1.82, 2.24) is 15.5 Å². The van der Waals surface area contributed by atoms with Crippen LogP contribution in [0.1, 0.15) is 72.6 Å². The van der Waals surface area contributed by atoms with Crippen molar-refractivity contribution in [2.75, 3.05) is 25.4 Å². The number of alkyl carbamates (subject to hydrolysis) is 1. The number of nitrogens with one attached hydrogen (secondary N) is 2. The molecule has 9 heteroatoms. The molecular weight excluding hydrogens is 428 g/mol. The number of hydrogen-bond acceptors (Lipinski definition) is 6. The van der Waals surface area contributed by atoms with E-state index >= 15 is 0 Å². The number of likely N-dealkylation sites (tertiary alicyclic amines) is 1. The Kier molecular flexibility index (Phi) is 10.6. The van der Waals surface area contributed by atoms with Crippen LogP contribution in [-0.4, -0.2) is 71.1 Å². The second-order valence-corrected chi connectivity index (χ2v) is 11.2. The van der Waals surface area contributed by atoms with Crippen LogP contribution in [-0.2, 0) is 14.3 Å². The average Bonchev–Trinajstić information content (AvgIpc) is 3.25. The third-order valence-electron chi connectivity index (χ3n) is 6.45. The fraction of sp³-hybridized carbons (Fsp3) is 0.870. The number of thioether (sulfide) groups is 1. The van der Waals surface area contributed by atoms with Crippen molar-refractivity contribution >= 4 is 29.7 Å². The van der Waals surface area contributed by atoms with Crippen LogP contribution < -0.4 is 16.4 Å². The molecule has 0 spiro atoms. The SMILES string of the molecule is CCCSC(C)(C)[C@@H](NC(=O)OCC)C(=O)N1CCC[C@H]1C(=O)NCC1CCC(N)CC1. The van der Waals surface area contributed by atoms with Gasteiger partial charge in [0.25, 0.3) is 0 Å². The third-order valence-corrected chi connectivity index (χ3v) is 8.04. The minimum atomic E-state index is -0.772. The Morgan fingerprint density at radius 3 is 2.47 bits per heavy atom. The zero-order valence-electron chi connectivity index (χ0n) is 20.2. The largest absolute Gasteiger partial charge is 0.450 e. The molecule has 184 valence electrons. The molecule has 2 rings (SSSR count). The van der Waals surface area contributed by atoms with Crippen molar-refractivity contribution < 1.29 is 19.1 Å².